The number of esters is 1. The van der Waals surface area contributed by atoms with Gasteiger partial charge in [-0.25, -0.2) is 14.6 Å². The van der Waals surface area contributed by atoms with E-state index in [9.17, 15) is 14.7 Å². The van der Waals surface area contributed by atoms with Crippen molar-refractivity contribution in [2.75, 3.05) is 0 Å². The van der Waals surface area contributed by atoms with Crippen LogP contribution < -0.4 is 5.32 Å². The number of aryl methyl sites for hydroxylation is 1. The molecule has 4 rings (SSSR count). The van der Waals surface area contributed by atoms with E-state index in [0.717, 1.165) is 29.9 Å². The van der Waals surface area contributed by atoms with Gasteiger partial charge >= 0.3 is 12.1 Å². The van der Waals surface area contributed by atoms with Crippen molar-refractivity contribution in [1.82, 2.24) is 19.9 Å². The first-order valence-electron chi connectivity index (χ1n) is 12.8. The number of hydrogen-bond donors (Lipinski definition) is 2. The first-order chi connectivity index (χ1) is 16.6. The molecule has 2 aliphatic rings. The highest BCUT2D eigenvalue weighted by Crippen LogP contribution is 2.39. The first kappa shape index (κ1) is 25.4. The molecular weight excluding hydrogens is 448 g/mol. The van der Waals surface area contributed by atoms with Gasteiger partial charge in [-0.1, -0.05) is 46.0 Å². The Hall–Kier alpha value is -2.68. The fourth-order valence-corrected chi connectivity index (χ4v) is 5.59. The summed E-state index contributed by atoms with van der Waals surface area (Å²) in [7, 11) is 0. The van der Waals surface area contributed by atoms with E-state index in [1.807, 2.05) is 26.2 Å². The smallest absolute Gasteiger partial charge is 0.404 e. The molecule has 0 aromatic carbocycles. The number of amides is 1. The second-order valence-corrected chi connectivity index (χ2v) is 11.0. The minimum Gasteiger partial charge on any atom is -0.465 e. The van der Waals surface area contributed by atoms with Gasteiger partial charge in [-0.2, -0.15) is 0 Å². The van der Waals surface area contributed by atoms with Gasteiger partial charge in [0.05, 0.1) is 24.1 Å². The summed E-state index contributed by atoms with van der Waals surface area (Å²) in [5, 5.41) is 12.1. The monoisotopic (exact) mass is 486 g/mol. The zero-order valence-electron chi connectivity index (χ0n) is 21.2. The standard InChI is InChI=1S/C26H38N4O5/c1-17(2)12-22(29-24(32)33)26(23(31)34-25(3,4)35-26)14-19-13-21-20(15-27-19)28-16-30(21)11-10-18-8-6-5-7-9-18/h13,15-18,22,29H,5-12,14H2,1-4H3,(H,32,33)/t22-,26+/m0/s1. The molecule has 1 saturated carbocycles. The molecule has 2 aromatic heterocycles. The lowest BCUT2D eigenvalue weighted by Gasteiger charge is -2.34. The molecule has 35 heavy (non-hydrogen) atoms. The van der Waals surface area contributed by atoms with Crippen molar-refractivity contribution in [3.8, 4) is 0 Å². The van der Waals surface area contributed by atoms with Crippen molar-refractivity contribution < 1.29 is 24.2 Å². The summed E-state index contributed by atoms with van der Waals surface area (Å²) in [6, 6.07) is 1.16. The SMILES string of the molecule is CC(C)C[C@H](NC(=O)O)[C@@]1(Cc2cc3c(cn2)ncn3CCC2CCCCC2)OC(C)(C)OC1=O. The van der Waals surface area contributed by atoms with Crippen molar-refractivity contribution in [2.24, 2.45) is 11.8 Å². The van der Waals surface area contributed by atoms with E-state index >= 15 is 0 Å². The van der Waals surface area contributed by atoms with E-state index in [0.29, 0.717) is 12.1 Å². The second kappa shape index (κ2) is 10.1. The van der Waals surface area contributed by atoms with E-state index in [-0.39, 0.29) is 12.3 Å². The number of rotatable bonds is 9. The fourth-order valence-electron chi connectivity index (χ4n) is 5.59. The fraction of sp³-hybridized carbons (Fsp3) is 0.692. The van der Waals surface area contributed by atoms with Gasteiger partial charge in [-0.15, -0.1) is 0 Å². The van der Waals surface area contributed by atoms with Crippen LogP contribution in [-0.4, -0.2) is 49.1 Å². The van der Waals surface area contributed by atoms with Crippen LogP contribution in [0, 0.1) is 11.8 Å². The predicted molar refractivity (Wildman–Crippen MR) is 131 cm³/mol. The molecule has 0 spiro atoms. The maximum absolute atomic E-state index is 13.3. The highest BCUT2D eigenvalue weighted by Gasteiger charge is 2.59. The summed E-state index contributed by atoms with van der Waals surface area (Å²) in [6.45, 7) is 8.17. The number of imidazole rings is 1. The number of ether oxygens (including phenoxy) is 2. The molecule has 1 aliphatic heterocycles. The maximum atomic E-state index is 13.3. The minimum atomic E-state index is -1.51. The van der Waals surface area contributed by atoms with E-state index in [4.69, 9.17) is 9.47 Å². The largest absolute Gasteiger partial charge is 0.465 e. The van der Waals surface area contributed by atoms with Crippen LogP contribution in [-0.2, 0) is 27.2 Å². The Morgan fingerprint density at radius 2 is 2.00 bits per heavy atom. The summed E-state index contributed by atoms with van der Waals surface area (Å²) in [5.41, 5.74) is 0.870. The predicted octanol–water partition coefficient (Wildman–Crippen LogP) is 4.67. The van der Waals surface area contributed by atoms with Gasteiger partial charge in [0.15, 0.2) is 5.60 Å². The van der Waals surface area contributed by atoms with Gasteiger partial charge in [0.2, 0.25) is 5.79 Å². The Kier molecular flexibility index (Phi) is 7.35. The van der Waals surface area contributed by atoms with Gasteiger partial charge in [0.25, 0.3) is 0 Å². The van der Waals surface area contributed by atoms with Crippen molar-refractivity contribution in [3.05, 3.63) is 24.3 Å². The Morgan fingerprint density at radius 1 is 1.26 bits per heavy atom. The number of carboxylic acid groups (broad SMARTS) is 1. The number of pyridine rings is 1. The summed E-state index contributed by atoms with van der Waals surface area (Å²) in [4.78, 5) is 34.0. The number of carbonyl (C=O) groups is 2. The Balaban J connectivity index is 1.63. The Morgan fingerprint density at radius 3 is 2.63 bits per heavy atom. The van der Waals surface area contributed by atoms with Crippen LogP contribution in [0.25, 0.3) is 11.0 Å². The number of nitrogens with one attached hydrogen (secondary N) is 1. The number of cyclic esters (lactones) is 1. The number of hydrogen-bond acceptors (Lipinski definition) is 6. The molecule has 3 heterocycles. The maximum Gasteiger partial charge on any atom is 0.404 e. The van der Waals surface area contributed by atoms with Gasteiger partial charge in [-0.3, -0.25) is 4.98 Å². The van der Waals surface area contributed by atoms with Crippen molar-refractivity contribution in [2.45, 2.75) is 103 Å². The molecule has 2 aromatic rings. The van der Waals surface area contributed by atoms with Crippen molar-refractivity contribution in [1.29, 1.82) is 0 Å². The molecule has 2 fully saturated rings. The first-order valence-corrected chi connectivity index (χ1v) is 12.8. The Bertz CT molecular complexity index is 1060. The quantitative estimate of drug-likeness (QED) is 0.495. The highest BCUT2D eigenvalue weighted by molar-refractivity contribution is 5.84. The molecule has 2 atom stereocenters. The van der Waals surface area contributed by atoms with Gasteiger partial charge < -0.3 is 24.5 Å². The lowest BCUT2D eigenvalue weighted by atomic mass is 9.84. The molecule has 0 bridgehead atoms. The van der Waals surface area contributed by atoms with Crippen LogP contribution >= 0.6 is 0 Å². The summed E-state index contributed by atoms with van der Waals surface area (Å²) in [6.07, 6.45) is 10.6. The van der Waals surface area contributed by atoms with Crippen LogP contribution in [0.15, 0.2) is 18.6 Å². The van der Waals surface area contributed by atoms with Crippen LogP contribution in [0.5, 0.6) is 0 Å². The number of nitrogens with zero attached hydrogens (tertiary/aromatic N) is 3. The van der Waals surface area contributed by atoms with E-state index < -0.39 is 29.5 Å². The summed E-state index contributed by atoms with van der Waals surface area (Å²) in [5.74, 6) is -0.859. The highest BCUT2D eigenvalue weighted by atomic mass is 16.8. The normalized spacial score (nSPS) is 23.5. The molecule has 1 aliphatic carbocycles. The summed E-state index contributed by atoms with van der Waals surface area (Å²) < 4.78 is 13.9. The van der Waals surface area contributed by atoms with Gasteiger partial charge in [0.1, 0.15) is 5.52 Å². The third kappa shape index (κ3) is 5.77. The van der Waals surface area contributed by atoms with Crippen molar-refractivity contribution >= 4 is 23.1 Å². The average Bonchev–Trinajstić information content (AvgIpc) is 3.28. The number of carbonyl (C=O) groups excluding carboxylic acids is 1. The minimum absolute atomic E-state index is 0.0939. The van der Waals surface area contributed by atoms with Crippen LogP contribution in [0.3, 0.4) is 0 Å². The van der Waals surface area contributed by atoms with Crippen molar-refractivity contribution in [3.63, 3.8) is 0 Å². The summed E-state index contributed by atoms with van der Waals surface area (Å²) >= 11 is 0. The van der Waals surface area contributed by atoms with Crippen LogP contribution in [0.1, 0.15) is 78.3 Å². The molecule has 9 heteroatoms. The third-order valence-electron chi connectivity index (χ3n) is 7.19. The number of aromatic nitrogens is 3. The zero-order valence-corrected chi connectivity index (χ0v) is 21.2. The molecule has 0 radical (unpaired) electrons. The molecule has 1 amide bonds. The lowest BCUT2D eigenvalue weighted by molar-refractivity contribution is -0.170. The topological polar surface area (TPSA) is 116 Å². The second-order valence-electron chi connectivity index (χ2n) is 11.0. The average molecular weight is 487 g/mol. The van der Waals surface area contributed by atoms with E-state index in [1.54, 1.807) is 20.0 Å². The third-order valence-corrected chi connectivity index (χ3v) is 7.19. The molecular formula is C26H38N4O5. The molecule has 0 unspecified atom stereocenters. The zero-order chi connectivity index (χ0) is 25.2. The van der Waals surface area contributed by atoms with E-state index in [2.05, 4.69) is 19.9 Å². The number of fused-ring (bicyclic) bond motifs is 1. The molecule has 192 valence electrons. The molecule has 2 N–H and O–H groups in total. The van der Waals surface area contributed by atoms with Gasteiger partial charge in [-0.05, 0) is 30.7 Å². The van der Waals surface area contributed by atoms with Crippen LogP contribution in [0.4, 0.5) is 4.79 Å². The molecule has 1 saturated heterocycles. The lowest BCUT2D eigenvalue weighted by Crippen LogP contribution is -2.58. The molecule has 9 nitrogen and oxygen atoms in total. The van der Waals surface area contributed by atoms with Gasteiger partial charge in [0, 0.05) is 32.5 Å². The Labute approximate surface area is 206 Å². The van der Waals surface area contributed by atoms with Crippen LogP contribution in [0.2, 0.25) is 0 Å². The van der Waals surface area contributed by atoms with E-state index in [1.165, 1.54) is 32.1 Å².